The minimum atomic E-state index is -0.854. The fourth-order valence-electron chi connectivity index (χ4n) is 4.89. The van der Waals surface area contributed by atoms with Crippen LogP contribution in [0.25, 0.3) is 11.1 Å². The summed E-state index contributed by atoms with van der Waals surface area (Å²) in [5, 5.41) is 14.7. The summed E-state index contributed by atoms with van der Waals surface area (Å²) in [4.78, 5) is 36.5. The number of carbonyl (C=O) groups is 3. The number of rotatable bonds is 11. The topological polar surface area (TPSA) is 105 Å². The predicted molar refractivity (Wildman–Crippen MR) is 128 cm³/mol. The van der Waals surface area contributed by atoms with Crippen molar-refractivity contribution in [3.63, 3.8) is 0 Å². The van der Waals surface area contributed by atoms with E-state index in [4.69, 9.17) is 9.84 Å². The molecule has 4 rings (SSSR count). The molecule has 0 heterocycles. The van der Waals surface area contributed by atoms with Crippen LogP contribution in [0.15, 0.2) is 48.5 Å². The van der Waals surface area contributed by atoms with Crippen LogP contribution in [0.3, 0.4) is 0 Å². The van der Waals surface area contributed by atoms with E-state index in [9.17, 15) is 14.4 Å². The third-order valence-corrected chi connectivity index (χ3v) is 6.79. The summed E-state index contributed by atoms with van der Waals surface area (Å²) in [6, 6.07) is 15.5. The molecule has 2 aromatic rings. The molecule has 1 unspecified atom stereocenters. The monoisotopic (exact) mass is 464 g/mol. The molecule has 0 aromatic heterocycles. The summed E-state index contributed by atoms with van der Waals surface area (Å²) in [5.74, 6) is -0.916. The van der Waals surface area contributed by atoms with Gasteiger partial charge < -0.3 is 20.5 Å². The van der Waals surface area contributed by atoms with Gasteiger partial charge in [-0.25, -0.2) is 4.79 Å². The van der Waals surface area contributed by atoms with Crippen molar-refractivity contribution in [2.45, 2.75) is 51.0 Å². The summed E-state index contributed by atoms with van der Waals surface area (Å²) in [6.07, 6.45) is 2.61. The SMILES string of the molecule is CCC[C@H](NC(=O)OCC1c2ccccc2-c2ccccc21)C(=O)NCC(CC(=O)O)C1CC1. The Bertz CT molecular complexity index is 1000. The van der Waals surface area contributed by atoms with Gasteiger partial charge in [0.2, 0.25) is 5.91 Å². The largest absolute Gasteiger partial charge is 0.481 e. The van der Waals surface area contributed by atoms with E-state index < -0.39 is 18.1 Å². The van der Waals surface area contributed by atoms with E-state index in [1.54, 1.807) is 0 Å². The molecule has 180 valence electrons. The van der Waals surface area contributed by atoms with Gasteiger partial charge in [0, 0.05) is 12.5 Å². The molecule has 0 spiro atoms. The van der Waals surface area contributed by atoms with Crippen LogP contribution in [0.2, 0.25) is 0 Å². The number of benzene rings is 2. The molecule has 2 atom stereocenters. The van der Waals surface area contributed by atoms with Crippen molar-refractivity contribution in [3.05, 3.63) is 59.7 Å². The van der Waals surface area contributed by atoms with E-state index in [0.717, 1.165) is 35.1 Å². The molecular formula is C27H32N2O5. The summed E-state index contributed by atoms with van der Waals surface area (Å²) in [7, 11) is 0. The van der Waals surface area contributed by atoms with Gasteiger partial charge >= 0.3 is 12.1 Å². The van der Waals surface area contributed by atoms with Gasteiger partial charge in [-0.05, 0) is 53.4 Å². The molecular weight excluding hydrogens is 432 g/mol. The lowest BCUT2D eigenvalue weighted by atomic mass is 9.98. The number of hydrogen-bond donors (Lipinski definition) is 3. The van der Waals surface area contributed by atoms with Crippen LogP contribution in [-0.4, -0.2) is 42.3 Å². The lowest BCUT2D eigenvalue weighted by Crippen LogP contribution is -2.48. The van der Waals surface area contributed by atoms with E-state index in [1.165, 1.54) is 0 Å². The van der Waals surface area contributed by atoms with Crippen molar-refractivity contribution in [2.24, 2.45) is 11.8 Å². The number of hydrogen-bond acceptors (Lipinski definition) is 4. The smallest absolute Gasteiger partial charge is 0.407 e. The van der Waals surface area contributed by atoms with Crippen molar-refractivity contribution in [1.29, 1.82) is 0 Å². The Kier molecular flexibility index (Phi) is 7.50. The fraction of sp³-hybridized carbons (Fsp3) is 0.444. The zero-order chi connectivity index (χ0) is 24.1. The van der Waals surface area contributed by atoms with E-state index in [0.29, 0.717) is 25.3 Å². The third kappa shape index (κ3) is 5.58. The van der Waals surface area contributed by atoms with Crippen LogP contribution in [0.1, 0.15) is 56.1 Å². The van der Waals surface area contributed by atoms with Gasteiger partial charge in [0.1, 0.15) is 12.6 Å². The average Bonchev–Trinajstić information content (AvgIpc) is 3.62. The zero-order valence-corrected chi connectivity index (χ0v) is 19.5. The summed E-state index contributed by atoms with van der Waals surface area (Å²) >= 11 is 0. The molecule has 2 amide bonds. The molecule has 1 fully saturated rings. The molecule has 2 aromatic carbocycles. The second-order valence-corrected chi connectivity index (χ2v) is 9.25. The zero-order valence-electron chi connectivity index (χ0n) is 19.5. The maximum atomic E-state index is 12.8. The summed E-state index contributed by atoms with van der Waals surface area (Å²) < 4.78 is 5.59. The molecule has 7 nitrogen and oxygen atoms in total. The first-order chi connectivity index (χ1) is 16.5. The van der Waals surface area contributed by atoms with Gasteiger partial charge in [-0.1, -0.05) is 61.9 Å². The van der Waals surface area contributed by atoms with Gasteiger partial charge in [-0.2, -0.15) is 0 Å². The Hall–Kier alpha value is -3.35. The molecule has 2 aliphatic rings. The Labute approximate surface area is 199 Å². The number of amides is 2. The van der Waals surface area contributed by atoms with Gasteiger partial charge in [0.05, 0.1) is 6.42 Å². The number of nitrogens with one attached hydrogen (secondary N) is 2. The number of carbonyl (C=O) groups excluding carboxylic acids is 2. The van der Waals surface area contributed by atoms with E-state index >= 15 is 0 Å². The minimum absolute atomic E-state index is 0.0448. The first kappa shape index (κ1) is 23.8. The number of alkyl carbamates (subject to hydrolysis) is 1. The first-order valence-corrected chi connectivity index (χ1v) is 12.1. The second kappa shape index (κ2) is 10.7. The van der Waals surface area contributed by atoms with Crippen molar-refractivity contribution in [2.75, 3.05) is 13.2 Å². The molecule has 7 heteroatoms. The fourth-order valence-corrected chi connectivity index (χ4v) is 4.89. The van der Waals surface area contributed by atoms with E-state index in [1.807, 2.05) is 31.2 Å². The summed E-state index contributed by atoms with van der Waals surface area (Å²) in [5.41, 5.74) is 4.57. The lowest BCUT2D eigenvalue weighted by molar-refractivity contribution is -0.138. The number of aliphatic carboxylic acids is 1. The van der Waals surface area contributed by atoms with Crippen LogP contribution in [0.5, 0.6) is 0 Å². The highest BCUT2D eigenvalue weighted by Gasteiger charge is 2.34. The van der Waals surface area contributed by atoms with Crippen molar-refractivity contribution < 1.29 is 24.2 Å². The molecule has 0 radical (unpaired) electrons. The highest BCUT2D eigenvalue weighted by Crippen LogP contribution is 2.44. The van der Waals surface area contributed by atoms with Crippen LogP contribution in [-0.2, 0) is 14.3 Å². The lowest BCUT2D eigenvalue weighted by Gasteiger charge is -2.21. The maximum absolute atomic E-state index is 12.8. The molecule has 3 N–H and O–H groups in total. The Morgan fingerprint density at radius 3 is 2.21 bits per heavy atom. The van der Waals surface area contributed by atoms with Gasteiger partial charge in [0.15, 0.2) is 0 Å². The summed E-state index contributed by atoms with van der Waals surface area (Å²) in [6.45, 7) is 2.43. The highest BCUT2D eigenvalue weighted by molar-refractivity contribution is 5.85. The number of ether oxygens (including phenoxy) is 1. The standard InChI is InChI=1S/C27H32N2O5/c1-2-7-24(26(32)28-15-18(14-25(30)31)17-12-13-17)29-27(33)34-16-23-21-10-5-3-8-19(21)20-9-4-6-11-22(20)23/h3-6,8-11,17-18,23-24H,2,7,12-16H2,1H3,(H,28,32)(H,29,33)(H,30,31)/t18?,24-/m0/s1. The average molecular weight is 465 g/mol. The molecule has 1 saturated carbocycles. The number of fused-ring (bicyclic) bond motifs is 3. The molecule has 2 aliphatic carbocycles. The second-order valence-electron chi connectivity index (χ2n) is 9.25. The van der Waals surface area contributed by atoms with Gasteiger partial charge in [-0.3, -0.25) is 9.59 Å². The molecule has 0 bridgehead atoms. The Morgan fingerprint density at radius 2 is 1.65 bits per heavy atom. The van der Waals surface area contributed by atoms with Crippen LogP contribution in [0.4, 0.5) is 4.79 Å². The van der Waals surface area contributed by atoms with Crippen molar-refractivity contribution in [1.82, 2.24) is 10.6 Å². The van der Waals surface area contributed by atoms with Crippen LogP contribution < -0.4 is 10.6 Å². The maximum Gasteiger partial charge on any atom is 0.407 e. The van der Waals surface area contributed by atoms with Crippen LogP contribution >= 0.6 is 0 Å². The number of carboxylic acid groups (broad SMARTS) is 1. The van der Waals surface area contributed by atoms with Crippen molar-refractivity contribution in [3.8, 4) is 11.1 Å². The minimum Gasteiger partial charge on any atom is -0.481 e. The van der Waals surface area contributed by atoms with E-state index in [2.05, 4.69) is 34.9 Å². The van der Waals surface area contributed by atoms with Crippen molar-refractivity contribution >= 4 is 18.0 Å². The highest BCUT2D eigenvalue weighted by atomic mass is 16.5. The quantitative estimate of drug-likeness (QED) is 0.460. The molecule has 0 aliphatic heterocycles. The van der Waals surface area contributed by atoms with E-state index in [-0.39, 0.29) is 30.8 Å². The van der Waals surface area contributed by atoms with Gasteiger partial charge in [-0.15, -0.1) is 0 Å². The molecule has 0 saturated heterocycles. The normalized spacial score (nSPS) is 16.1. The Morgan fingerprint density at radius 1 is 1.03 bits per heavy atom. The molecule has 34 heavy (non-hydrogen) atoms. The number of carboxylic acids is 1. The Balaban J connectivity index is 1.33. The van der Waals surface area contributed by atoms with Crippen LogP contribution in [0, 0.1) is 11.8 Å². The first-order valence-electron chi connectivity index (χ1n) is 12.1. The third-order valence-electron chi connectivity index (χ3n) is 6.79. The predicted octanol–water partition coefficient (Wildman–Crippen LogP) is 4.31. The van der Waals surface area contributed by atoms with Gasteiger partial charge in [0.25, 0.3) is 0 Å².